The van der Waals surface area contributed by atoms with Gasteiger partial charge in [-0.3, -0.25) is 9.29 Å². The van der Waals surface area contributed by atoms with Gasteiger partial charge < -0.3 is 5.43 Å². The lowest BCUT2D eigenvalue weighted by Crippen LogP contribution is -2.26. The second-order valence-corrected chi connectivity index (χ2v) is 5.67. The van der Waals surface area contributed by atoms with E-state index in [-0.39, 0.29) is 4.90 Å². The van der Waals surface area contributed by atoms with E-state index in [1.807, 2.05) is 0 Å². The third kappa shape index (κ3) is 2.64. The smallest absolute Gasteiger partial charge is 0.265 e. The largest absolute Gasteiger partial charge is 0.308 e. The zero-order chi connectivity index (χ0) is 13.9. The first-order valence-electron chi connectivity index (χ1n) is 5.37. The number of hydrazine groups is 1. The minimum Gasteiger partial charge on any atom is -0.308 e. The highest BCUT2D eigenvalue weighted by Crippen LogP contribution is 2.20. The van der Waals surface area contributed by atoms with Crippen molar-refractivity contribution in [2.45, 2.75) is 4.90 Å². The van der Waals surface area contributed by atoms with Gasteiger partial charge in [-0.2, -0.15) is 0 Å². The van der Waals surface area contributed by atoms with Crippen molar-refractivity contribution < 1.29 is 8.42 Å². The van der Waals surface area contributed by atoms with Crippen LogP contribution >= 0.6 is 0 Å². The number of nitrogens with one attached hydrogen (secondary N) is 1. The maximum absolute atomic E-state index is 12.3. The van der Waals surface area contributed by atoms with Crippen LogP contribution in [0.2, 0.25) is 0 Å². The molecule has 7 nitrogen and oxygen atoms in total. The second kappa shape index (κ2) is 5.21. The van der Waals surface area contributed by atoms with Gasteiger partial charge >= 0.3 is 0 Å². The van der Waals surface area contributed by atoms with E-state index < -0.39 is 10.0 Å². The monoisotopic (exact) mass is 279 g/mol. The fraction of sp³-hybridized carbons (Fsp3) is 0.0909. The van der Waals surface area contributed by atoms with E-state index in [1.54, 1.807) is 12.1 Å². The lowest BCUT2D eigenvalue weighted by Gasteiger charge is -2.19. The van der Waals surface area contributed by atoms with E-state index in [4.69, 9.17) is 5.84 Å². The summed E-state index contributed by atoms with van der Waals surface area (Å²) in [5.41, 5.74) is 2.86. The number of nitrogens with two attached hydrogens (primary N) is 1. The molecule has 0 aliphatic heterocycles. The van der Waals surface area contributed by atoms with Crippen LogP contribution in [-0.4, -0.2) is 25.4 Å². The van der Waals surface area contributed by atoms with E-state index in [2.05, 4.69) is 15.4 Å². The first-order valence-corrected chi connectivity index (χ1v) is 6.81. The molecular weight excluding hydrogens is 266 g/mol. The molecule has 0 fully saturated rings. The summed E-state index contributed by atoms with van der Waals surface area (Å²) in [7, 11) is -2.17. The summed E-state index contributed by atoms with van der Waals surface area (Å²) in [5, 5.41) is 0. The van der Waals surface area contributed by atoms with E-state index in [0.717, 1.165) is 0 Å². The van der Waals surface area contributed by atoms with Crippen molar-refractivity contribution in [2.24, 2.45) is 5.84 Å². The number of hydrogen-bond acceptors (Lipinski definition) is 6. The van der Waals surface area contributed by atoms with Gasteiger partial charge in [0.25, 0.3) is 10.0 Å². The number of aromatic nitrogens is 2. The summed E-state index contributed by atoms with van der Waals surface area (Å²) >= 11 is 0. The van der Waals surface area contributed by atoms with Crippen molar-refractivity contribution in [2.75, 3.05) is 16.8 Å². The summed E-state index contributed by atoms with van der Waals surface area (Å²) in [6.07, 6.45) is 4.31. The Kier molecular flexibility index (Phi) is 3.63. The molecule has 2 aromatic heterocycles. The van der Waals surface area contributed by atoms with Gasteiger partial charge in [-0.05, 0) is 24.3 Å². The van der Waals surface area contributed by atoms with Crippen molar-refractivity contribution in [3.63, 3.8) is 0 Å². The second-order valence-electron chi connectivity index (χ2n) is 3.70. The quantitative estimate of drug-likeness (QED) is 0.627. The van der Waals surface area contributed by atoms with Gasteiger partial charge in [-0.15, -0.1) is 0 Å². The van der Waals surface area contributed by atoms with Crippen molar-refractivity contribution in [3.05, 3.63) is 42.9 Å². The first-order chi connectivity index (χ1) is 9.05. The number of pyridine rings is 2. The van der Waals surface area contributed by atoms with Gasteiger partial charge in [0.15, 0.2) is 0 Å². The summed E-state index contributed by atoms with van der Waals surface area (Å²) in [6, 6.07) is 6.16. The van der Waals surface area contributed by atoms with E-state index >= 15 is 0 Å². The number of nitrogens with zero attached hydrogens (tertiary/aromatic N) is 3. The molecule has 8 heteroatoms. The van der Waals surface area contributed by atoms with Crippen LogP contribution in [0, 0.1) is 0 Å². The fourth-order valence-electron chi connectivity index (χ4n) is 1.47. The lowest BCUT2D eigenvalue weighted by atomic mass is 10.4. The molecule has 0 aliphatic rings. The Morgan fingerprint density at radius 1 is 1.21 bits per heavy atom. The molecule has 0 radical (unpaired) electrons. The summed E-state index contributed by atoms with van der Waals surface area (Å²) in [6.45, 7) is 0. The van der Waals surface area contributed by atoms with Crippen molar-refractivity contribution in [1.82, 2.24) is 9.97 Å². The summed E-state index contributed by atoms with van der Waals surface area (Å²) < 4.78 is 25.9. The Balaban J connectivity index is 2.36. The predicted octanol–water partition coefficient (Wildman–Crippen LogP) is 0.587. The Bertz CT molecular complexity index is 643. The molecule has 2 heterocycles. The van der Waals surface area contributed by atoms with Crippen LogP contribution in [0.1, 0.15) is 0 Å². The molecule has 100 valence electrons. The van der Waals surface area contributed by atoms with E-state index in [9.17, 15) is 8.42 Å². The number of sulfonamides is 1. The first kappa shape index (κ1) is 13.2. The van der Waals surface area contributed by atoms with Crippen molar-refractivity contribution in [1.29, 1.82) is 0 Å². The minimum absolute atomic E-state index is 0.0887. The number of rotatable bonds is 4. The van der Waals surface area contributed by atoms with Gasteiger partial charge in [-0.1, -0.05) is 0 Å². The van der Waals surface area contributed by atoms with Crippen LogP contribution in [0.25, 0.3) is 0 Å². The molecule has 0 unspecified atom stereocenters. The van der Waals surface area contributed by atoms with Crippen molar-refractivity contribution >= 4 is 21.5 Å². The average molecular weight is 279 g/mol. The maximum Gasteiger partial charge on any atom is 0.265 e. The van der Waals surface area contributed by atoms with Gasteiger partial charge in [0.2, 0.25) is 0 Å². The third-order valence-corrected chi connectivity index (χ3v) is 4.34. The highest BCUT2D eigenvalue weighted by molar-refractivity contribution is 7.92. The van der Waals surface area contributed by atoms with Crippen LogP contribution in [0.15, 0.2) is 47.8 Å². The topological polar surface area (TPSA) is 101 Å². The molecule has 0 saturated heterocycles. The molecule has 0 aromatic carbocycles. The normalized spacial score (nSPS) is 11.1. The third-order valence-electron chi connectivity index (χ3n) is 2.57. The maximum atomic E-state index is 12.3. The molecule has 2 rings (SSSR count). The number of hydrogen-bond donors (Lipinski definition) is 2. The Hall–Kier alpha value is -2.19. The van der Waals surface area contributed by atoms with Gasteiger partial charge in [-0.25, -0.2) is 19.2 Å². The molecule has 0 saturated carbocycles. The Labute approximate surface area is 111 Å². The molecule has 19 heavy (non-hydrogen) atoms. The highest BCUT2D eigenvalue weighted by Gasteiger charge is 2.21. The van der Waals surface area contributed by atoms with Crippen LogP contribution in [0.4, 0.5) is 11.5 Å². The fourth-order valence-corrected chi connectivity index (χ4v) is 2.61. The molecule has 0 atom stereocenters. The SMILES string of the molecule is CN(c1ccncc1)S(=O)(=O)c1ccc(NN)nc1. The van der Waals surface area contributed by atoms with Crippen LogP contribution in [0.3, 0.4) is 0 Å². The summed E-state index contributed by atoms with van der Waals surface area (Å²) in [4.78, 5) is 7.82. The van der Waals surface area contributed by atoms with Gasteiger partial charge in [0.05, 0.1) is 5.69 Å². The van der Waals surface area contributed by atoms with Crippen molar-refractivity contribution in [3.8, 4) is 0 Å². The molecule has 3 N–H and O–H groups in total. The van der Waals surface area contributed by atoms with E-state index in [0.29, 0.717) is 11.5 Å². The minimum atomic E-state index is -3.64. The van der Waals surface area contributed by atoms with Crippen LogP contribution in [-0.2, 0) is 10.0 Å². The molecule has 2 aromatic rings. The van der Waals surface area contributed by atoms with Gasteiger partial charge in [0.1, 0.15) is 10.7 Å². The summed E-state index contributed by atoms with van der Waals surface area (Å²) in [5.74, 6) is 5.57. The molecule has 0 spiro atoms. The van der Waals surface area contributed by atoms with Crippen LogP contribution < -0.4 is 15.6 Å². The van der Waals surface area contributed by atoms with E-state index in [1.165, 1.54) is 42.1 Å². The zero-order valence-corrected chi connectivity index (χ0v) is 11.0. The highest BCUT2D eigenvalue weighted by atomic mass is 32.2. The van der Waals surface area contributed by atoms with Crippen LogP contribution in [0.5, 0.6) is 0 Å². The average Bonchev–Trinajstić information content (AvgIpc) is 2.47. The predicted molar refractivity (Wildman–Crippen MR) is 71.9 cm³/mol. The molecule has 0 amide bonds. The Morgan fingerprint density at radius 2 is 1.89 bits per heavy atom. The molecular formula is C11H13N5O2S. The van der Waals surface area contributed by atoms with Gasteiger partial charge in [0, 0.05) is 25.6 Å². The Morgan fingerprint density at radius 3 is 2.42 bits per heavy atom. The standard InChI is InChI=1S/C11H13N5O2S/c1-16(9-4-6-13-7-5-9)19(17,18)10-2-3-11(15-12)14-8-10/h2-8H,12H2,1H3,(H,14,15). The number of nitrogen functional groups attached to an aromatic ring is 1. The lowest BCUT2D eigenvalue weighted by molar-refractivity contribution is 0.594. The molecule has 0 bridgehead atoms. The zero-order valence-electron chi connectivity index (χ0n) is 10.2. The molecule has 0 aliphatic carbocycles. The number of anilines is 2.